The van der Waals surface area contributed by atoms with Crippen LogP contribution < -0.4 is 0 Å². The van der Waals surface area contributed by atoms with Crippen molar-refractivity contribution in [2.75, 3.05) is 26.7 Å². The summed E-state index contributed by atoms with van der Waals surface area (Å²) in [5.41, 5.74) is 0. The highest BCUT2D eigenvalue weighted by atomic mass is 16.2. The first-order valence-corrected chi connectivity index (χ1v) is 8.21. The van der Waals surface area contributed by atoms with Crippen molar-refractivity contribution >= 4 is 5.91 Å². The van der Waals surface area contributed by atoms with Crippen LogP contribution in [-0.4, -0.2) is 48.4 Å². The van der Waals surface area contributed by atoms with E-state index in [9.17, 15) is 4.79 Å². The van der Waals surface area contributed by atoms with E-state index < -0.39 is 0 Å². The summed E-state index contributed by atoms with van der Waals surface area (Å²) in [6, 6.07) is 0.745. The van der Waals surface area contributed by atoms with Crippen molar-refractivity contribution < 1.29 is 4.79 Å². The SMILES string of the molecule is CN1CCCC2CN(C(=O)C3CC4CC4C3)CCC21. The average molecular weight is 262 g/mol. The zero-order valence-corrected chi connectivity index (χ0v) is 12.1. The molecule has 0 aromatic carbocycles. The number of nitrogens with zero attached hydrogens (tertiary/aromatic N) is 2. The highest BCUT2D eigenvalue weighted by molar-refractivity contribution is 5.79. The van der Waals surface area contributed by atoms with E-state index in [-0.39, 0.29) is 0 Å². The zero-order valence-electron chi connectivity index (χ0n) is 12.1. The first-order chi connectivity index (χ1) is 9.22. The average Bonchev–Trinajstić information content (AvgIpc) is 3.04. The smallest absolute Gasteiger partial charge is 0.225 e. The Bertz CT molecular complexity index is 373. The summed E-state index contributed by atoms with van der Waals surface area (Å²) in [5, 5.41) is 0. The summed E-state index contributed by atoms with van der Waals surface area (Å²) >= 11 is 0. The summed E-state index contributed by atoms with van der Waals surface area (Å²) in [5.74, 6) is 3.48. The number of piperidine rings is 2. The van der Waals surface area contributed by atoms with Gasteiger partial charge in [0.25, 0.3) is 0 Å². The maximum absolute atomic E-state index is 12.6. The third-order valence-corrected chi connectivity index (χ3v) is 6.25. The largest absolute Gasteiger partial charge is 0.342 e. The lowest BCUT2D eigenvalue weighted by Gasteiger charge is -2.46. The minimum absolute atomic E-state index is 0.390. The number of rotatable bonds is 1. The topological polar surface area (TPSA) is 23.6 Å². The minimum Gasteiger partial charge on any atom is -0.342 e. The molecule has 2 saturated carbocycles. The number of fused-ring (bicyclic) bond motifs is 2. The van der Waals surface area contributed by atoms with Gasteiger partial charge in [-0.05, 0) is 69.9 Å². The van der Waals surface area contributed by atoms with Crippen molar-refractivity contribution in [3.8, 4) is 0 Å². The van der Waals surface area contributed by atoms with Gasteiger partial charge < -0.3 is 9.80 Å². The predicted octanol–water partition coefficient (Wildman–Crippen LogP) is 1.98. The fourth-order valence-corrected chi connectivity index (χ4v) is 5.03. The molecule has 0 N–H and O–H groups in total. The molecule has 19 heavy (non-hydrogen) atoms. The highest BCUT2D eigenvalue weighted by Gasteiger charge is 2.49. The lowest BCUT2D eigenvalue weighted by molar-refractivity contribution is -0.139. The van der Waals surface area contributed by atoms with Gasteiger partial charge in [-0.3, -0.25) is 4.79 Å². The van der Waals surface area contributed by atoms with Crippen LogP contribution >= 0.6 is 0 Å². The molecular weight excluding hydrogens is 236 g/mol. The van der Waals surface area contributed by atoms with Crippen molar-refractivity contribution in [3.63, 3.8) is 0 Å². The molecule has 2 aliphatic carbocycles. The Labute approximate surface area is 116 Å². The van der Waals surface area contributed by atoms with Gasteiger partial charge in [-0.15, -0.1) is 0 Å². The molecule has 4 rings (SSSR count). The first-order valence-electron chi connectivity index (χ1n) is 8.21. The van der Waals surface area contributed by atoms with Gasteiger partial charge in [0.1, 0.15) is 0 Å². The van der Waals surface area contributed by atoms with Crippen molar-refractivity contribution in [1.82, 2.24) is 9.80 Å². The number of hydrogen-bond acceptors (Lipinski definition) is 2. The molecule has 0 aromatic heterocycles. The van der Waals surface area contributed by atoms with E-state index in [1.807, 2.05) is 0 Å². The quantitative estimate of drug-likeness (QED) is 0.721. The van der Waals surface area contributed by atoms with Crippen LogP contribution in [0, 0.1) is 23.7 Å². The molecule has 4 aliphatic rings. The van der Waals surface area contributed by atoms with E-state index >= 15 is 0 Å². The molecule has 3 heteroatoms. The molecule has 4 unspecified atom stereocenters. The van der Waals surface area contributed by atoms with Gasteiger partial charge in [0.2, 0.25) is 5.91 Å². The lowest BCUT2D eigenvalue weighted by atomic mass is 9.83. The third-order valence-electron chi connectivity index (χ3n) is 6.25. The molecule has 2 heterocycles. The van der Waals surface area contributed by atoms with Gasteiger partial charge in [0, 0.05) is 25.0 Å². The Morgan fingerprint density at radius 3 is 2.58 bits per heavy atom. The number of carbonyl (C=O) groups is 1. The molecule has 0 radical (unpaired) electrons. The molecule has 4 atom stereocenters. The second-order valence-electron chi connectivity index (χ2n) is 7.45. The normalized spacial score (nSPS) is 45.7. The van der Waals surface area contributed by atoms with Crippen LogP contribution in [0.15, 0.2) is 0 Å². The summed E-state index contributed by atoms with van der Waals surface area (Å²) < 4.78 is 0. The Kier molecular flexibility index (Phi) is 2.87. The fourth-order valence-electron chi connectivity index (χ4n) is 5.03. The Morgan fingerprint density at radius 1 is 1.00 bits per heavy atom. The van der Waals surface area contributed by atoms with Crippen LogP contribution in [-0.2, 0) is 4.79 Å². The van der Waals surface area contributed by atoms with E-state index in [2.05, 4.69) is 16.8 Å². The van der Waals surface area contributed by atoms with Gasteiger partial charge in [0.05, 0.1) is 0 Å². The van der Waals surface area contributed by atoms with Crippen LogP contribution in [0.2, 0.25) is 0 Å². The lowest BCUT2D eigenvalue weighted by Crippen LogP contribution is -2.54. The Balaban J connectivity index is 1.39. The molecule has 2 saturated heterocycles. The van der Waals surface area contributed by atoms with E-state index in [0.29, 0.717) is 11.8 Å². The maximum atomic E-state index is 12.6. The van der Waals surface area contributed by atoms with Gasteiger partial charge in [-0.1, -0.05) is 0 Å². The second-order valence-corrected chi connectivity index (χ2v) is 7.45. The molecule has 1 amide bonds. The summed E-state index contributed by atoms with van der Waals surface area (Å²) in [6.45, 7) is 3.30. The molecule has 0 aromatic rings. The summed E-state index contributed by atoms with van der Waals surface area (Å²) in [4.78, 5) is 17.4. The van der Waals surface area contributed by atoms with E-state index in [1.54, 1.807) is 0 Å². The van der Waals surface area contributed by atoms with Crippen molar-refractivity contribution in [1.29, 1.82) is 0 Å². The molecule has 0 spiro atoms. The summed E-state index contributed by atoms with van der Waals surface area (Å²) in [6.07, 6.45) is 7.66. The van der Waals surface area contributed by atoms with Crippen LogP contribution in [0.1, 0.15) is 38.5 Å². The van der Waals surface area contributed by atoms with Crippen molar-refractivity contribution in [3.05, 3.63) is 0 Å². The van der Waals surface area contributed by atoms with E-state index in [4.69, 9.17) is 0 Å². The number of hydrogen-bond donors (Lipinski definition) is 0. The molecule has 106 valence electrons. The van der Waals surface area contributed by atoms with Crippen LogP contribution in [0.3, 0.4) is 0 Å². The maximum Gasteiger partial charge on any atom is 0.225 e. The molecule has 4 fully saturated rings. The molecular formula is C16H26N2O. The third kappa shape index (κ3) is 2.10. The molecule has 2 aliphatic heterocycles. The van der Waals surface area contributed by atoms with E-state index in [1.165, 1.54) is 45.1 Å². The van der Waals surface area contributed by atoms with Gasteiger partial charge in [-0.25, -0.2) is 0 Å². The predicted molar refractivity (Wildman–Crippen MR) is 74.7 cm³/mol. The number of carbonyl (C=O) groups excluding carboxylic acids is 1. The number of likely N-dealkylation sites (tertiary alicyclic amines) is 2. The Hall–Kier alpha value is -0.570. The standard InChI is InChI=1S/C16H26N2O/c1-17-5-2-3-11-10-18(6-4-15(11)17)16(19)14-8-12-7-13(12)9-14/h11-15H,2-10H2,1H3. The first kappa shape index (κ1) is 12.2. The summed E-state index contributed by atoms with van der Waals surface area (Å²) in [7, 11) is 2.26. The Morgan fingerprint density at radius 2 is 1.79 bits per heavy atom. The van der Waals surface area contributed by atoms with Gasteiger partial charge in [0.15, 0.2) is 0 Å². The van der Waals surface area contributed by atoms with Crippen molar-refractivity contribution in [2.24, 2.45) is 23.7 Å². The molecule has 0 bridgehead atoms. The van der Waals surface area contributed by atoms with Crippen LogP contribution in [0.25, 0.3) is 0 Å². The zero-order chi connectivity index (χ0) is 13.0. The molecule has 3 nitrogen and oxygen atoms in total. The highest BCUT2D eigenvalue weighted by Crippen LogP contribution is 2.54. The van der Waals surface area contributed by atoms with Gasteiger partial charge in [-0.2, -0.15) is 0 Å². The minimum atomic E-state index is 0.390. The van der Waals surface area contributed by atoms with Crippen LogP contribution in [0.4, 0.5) is 0 Å². The van der Waals surface area contributed by atoms with Crippen LogP contribution in [0.5, 0.6) is 0 Å². The monoisotopic (exact) mass is 262 g/mol. The second kappa shape index (κ2) is 4.47. The number of amides is 1. The van der Waals surface area contributed by atoms with Gasteiger partial charge >= 0.3 is 0 Å². The van der Waals surface area contributed by atoms with E-state index in [0.717, 1.165) is 36.9 Å². The van der Waals surface area contributed by atoms with Crippen molar-refractivity contribution in [2.45, 2.75) is 44.6 Å². The fraction of sp³-hybridized carbons (Fsp3) is 0.938.